The molecule has 0 aliphatic heterocycles. The van der Waals surface area contributed by atoms with E-state index in [2.05, 4.69) is 25.7 Å². The van der Waals surface area contributed by atoms with E-state index in [1.165, 1.54) is 0 Å². The van der Waals surface area contributed by atoms with Crippen LogP contribution in [-0.2, 0) is 6.54 Å². The highest BCUT2D eigenvalue weighted by Crippen LogP contribution is 2.18. The van der Waals surface area contributed by atoms with Crippen molar-refractivity contribution in [2.75, 3.05) is 5.32 Å². The quantitative estimate of drug-likeness (QED) is 0.514. The molecule has 136 valence electrons. The van der Waals surface area contributed by atoms with Gasteiger partial charge >= 0.3 is 0 Å². The van der Waals surface area contributed by atoms with E-state index in [4.69, 9.17) is 0 Å². The molecular formula is C21H17N7. The maximum atomic E-state index is 4.64. The first-order chi connectivity index (χ1) is 13.9. The highest BCUT2D eigenvalue weighted by molar-refractivity contribution is 5.59. The fraction of sp³-hybridized carbons (Fsp3) is 0.0476. The zero-order chi connectivity index (χ0) is 18.8. The second-order valence-electron chi connectivity index (χ2n) is 6.32. The van der Waals surface area contributed by atoms with Crippen molar-refractivity contribution >= 4 is 11.5 Å². The number of para-hydroxylation sites is 1. The number of fused-ring (bicyclic) bond motifs is 1. The summed E-state index contributed by atoms with van der Waals surface area (Å²) in [5.74, 6) is 1.45. The van der Waals surface area contributed by atoms with E-state index >= 15 is 0 Å². The first-order valence-corrected chi connectivity index (χ1v) is 8.98. The van der Waals surface area contributed by atoms with Gasteiger partial charge in [-0.1, -0.05) is 48.5 Å². The summed E-state index contributed by atoms with van der Waals surface area (Å²) >= 11 is 0. The number of hydrogen-bond acceptors (Lipinski definition) is 5. The first-order valence-electron chi connectivity index (χ1n) is 8.98. The van der Waals surface area contributed by atoms with Crippen LogP contribution < -0.4 is 5.32 Å². The minimum Gasteiger partial charge on any atom is -0.363 e. The Kier molecular flexibility index (Phi) is 4.02. The van der Waals surface area contributed by atoms with Gasteiger partial charge in [0.1, 0.15) is 5.82 Å². The van der Waals surface area contributed by atoms with Crippen LogP contribution in [0.5, 0.6) is 0 Å². The van der Waals surface area contributed by atoms with Crippen molar-refractivity contribution in [3.8, 4) is 17.1 Å². The number of benzene rings is 2. The molecule has 0 unspecified atom stereocenters. The number of rotatable bonds is 5. The third kappa shape index (κ3) is 3.09. The van der Waals surface area contributed by atoms with E-state index in [1.54, 1.807) is 4.52 Å². The lowest BCUT2D eigenvalue weighted by molar-refractivity contribution is 0.839. The maximum absolute atomic E-state index is 4.64. The van der Waals surface area contributed by atoms with Crippen LogP contribution >= 0.6 is 0 Å². The van der Waals surface area contributed by atoms with Gasteiger partial charge in [-0.05, 0) is 30.3 Å². The van der Waals surface area contributed by atoms with Crippen molar-refractivity contribution in [2.24, 2.45) is 0 Å². The third-order valence-corrected chi connectivity index (χ3v) is 4.41. The van der Waals surface area contributed by atoms with Gasteiger partial charge in [0.25, 0.3) is 0 Å². The molecule has 0 aliphatic carbocycles. The SMILES string of the molecule is c1ccc(-c2nnc3ccc(NCc4ccn(-c5ccccc5)n4)nn23)cc1. The van der Waals surface area contributed by atoms with Gasteiger partial charge in [0.15, 0.2) is 11.5 Å². The van der Waals surface area contributed by atoms with Gasteiger partial charge in [-0.15, -0.1) is 15.3 Å². The largest absolute Gasteiger partial charge is 0.363 e. The smallest absolute Gasteiger partial charge is 0.185 e. The summed E-state index contributed by atoms with van der Waals surface area (Å²) in [6, 6.07) is 25.7. The Morgan fingerprint density at radius 1 is 0.750 bits per heavy atom. The van der Waals surface area contributed by atoms with Gasteiger partial charge in [-0.3, -0.25) is 0 Å². The van der Waals surface area contributed by atoms with Gasteiger partial charge in [-0.2, -0.15) is 9.61 Å². The standard InChI is InChI=1S/C21H17N7/c1-3-7-16(8-4-1)21-24-23-20-12-11-19(26-28(20)21)22-15-17-13-14-27(25-17)18-9-5-2-6-10-18/h1-14H,15H2,(H,22,26). The zero-order valence-electron chi connectivity index (χ0n) is 15.0. The number of aromatic nitrogens is 6. The molecule has 0 radical (unpaired) electrons. The lowest BCUT2D eigenvalue weighted by Crippen LogP contribution is -2.06. The molecular weight excluding hydrogens is 350 g/mol. The maximum Gasteiger partial charge on any atom is 0.185 e. The molecule has 0 saturated heterocycles. The summed E-state index contributed by atoms with van der Waals surface area (Å²) in [5, 5.41) is 21.0. The van der Waals surface area contributed by atoms with Crippen molar-refractivity contribution in [3.63, 3.8) is 0 Å². The summed E-state index contributed by atoms with van der Waals surface area (Å²) in [6.45, 7) is 0.571. The molecule has 0 amide bonds. The topological polar surface area (TPSA) is 72.9 Å². The normalized spacial score (nSPS) is 11.0. The van der Waals surface area contributed by atoms with Gasteiger partial charge in [0, 0.05) is 11.8 Å². The Bertz CT molecular complexity index is 1210. The van der Waals surface area contributed by atoms with Gasteiger partial charge in [-0.25, -0.2) is 4.68 Å². The molecule has 0 saturated carbocycles. The summed E-state index contributed by atoms with van der Waals surface area (Å²) < 4.78 is 3.61. The molecule has 1 N–H and O–H groups in total. The minimum absolute atomic E-state index is 0.571. The average Bonchev–Trinajstić information content (AvgIpc) is 3.40. The van der Waals surface area contributed by atoms with Crippen molar-refractivity contribution in [1.29, 1.82) is 0 Å². The highest BCUT2D eigenvalue weighted by Gasteiger charge is 2.10. The highest BCUT2D eigenvalue weighted by atomic mass is 15.4. The Hall–Kier alpha value is -4.00. The Labute approximate surface area is 161 Å². The van der Waals surface area contributed by atoms with Crippen LogP contribution in [0.4, 0.5) is 5.82 Å². The van der Waals surface area contributed by atoms with Crippen LogP contribution in [0.3, 0.4) is 0 Å². The molecule has 0 atom stereocenters. The first kappa shape index (κ1) is 16.2. The van der Waals surface area contributed by atoms with Crippen molar-refractivity contribution < 1.29 is 0 Å². The second-order valence-corrected chi connectivity index (χ2v) is 6.32. The van der Waals surface area contributed by atoms with Gasteiger partial charge < -0.3 is 5.32 Å². The fourth-order valence-corrected chi connectivity index (χ4v) is 3.01. The van der Waals surface area contributed by atoms with E-state index < -0.39 is 0 Å². The summed E-state index contributed by atoms with van der Waals surface area (Å²) in [4.78, 5) is 0. The van der Waals surface area contributed by atoms with E-state index in [1.807, 2.05) is 89.7 Å². The molecule has 3 aromatic heterocycles. The minimum atomic E-state index is 0.571. The van der Waals surface area contributed by atoms with E-state index in [0.29, 0.717) is 18.0 Å². The Morgan fingerprint density at radius 3 is 2.36 bits per heavy atom. The summed E-state index contributed by atoms with van der Waals surface area (Å²) in [7, 11) is 0. The monoisotopic (exact) mass is 367 g/mol. The van der Waals surface area contributed by atoms with Crippen LogP contribution in [-0.4, -0.2) is 29.6 Å². The predicted octanol–water partition coefficient (Wildman–Crippen LogP) is 3.59. The number of hydrogen-bond donors (Lipinski definition) is 1. The molecule has 28 heavy (non-hydrogen) atoms. The van der Waals surface area contributed by atoms with Crippen molar-refractivity contribution in [2.45, 2.75) is 6.54 Å². The molecule has 7 heteroatoms. The zero-order valence-corrected chi connectivity index (χ0v) is 15.0. The summed E-state index contributed by atoms with van der Waals surface area (Å²) in [5.41, 5.74) is 3.64. The predicted molar refractivity (Wildman–Crippen MR) is 107 cm³/mol. The lowest BCUT2D eigenvalue weighted by atomic mass is 10.2. The van der Waals surface area contributed by atoms with Gasteiger partial charge in [0.05, 0.1) is 17.9 Å². The van der Waals surface area contributed by atoms with Crippen LogP contribution in [0.2, 0.25) is 0 Å². The fourth-order valence-electron chi connectivity index (χ4n) is 3.01. The van der Waals surface area contributed by atoms with Gasteiger partial charge in [0.2, 0.25) is 0 Å². The Morgan fingerprint density at radius 2 is 1.54 bits per heavy atom. The molecule has 7 nitrogen and oxygen atoms in total. The lowest BCUT2D eigenvalue weighted by Gasteiger charge is -2.05. The van der Waals surface area contributed by atoms with Crippen LogP contribution in [0.25, 0.3) is 22.7 Å². The molecule has 2 aromatic carbocycles. The number of nitrogens with zero attached hydrogens (tertiary/aromatic N) is 6. The van der Waals surface area contributed by atoms with E-state index in [0.717, 1.165) is 22.8 Å². The molecule has 0 fully saturated rings. The van der Waals surface area contributed by atoms with Crippen LogP contribution in [0.15, 0.2) is 85.1 Å². The molecule has 3 heterocycles. The second kappa shape index (κ2) is 6.96. The van der Waals surface area contributed by atoms with Crippen LogP contribution in [0, 0.1) is 0 Å². The van der Waals surface area contributed by atoms with Crippen molar-refractivity contribution in [1.82, 2.24) is 29.6 Å². The molecule has 0 bridgehead atoms. The third-order valence-electron chi connectivity index (χ3n) is 4.41. The van der Waals surface area contributed by atoms with Crippen LogP contribution in [0.1, 0.15) is 5.69 Å². The van der Waals surface area contributed by atoms with E-state index in [9.17, 15) is 0 Å². The molecule has 0 aliphatic rings. The molecule has 5 rings (SSSR count). The molecule has 5 aromatic rings. The average molecular weight is 367 g/mol. The van der Waals surface area contributed by atoms with E-state index in [-0.39, 0.29) is 0 Å². The van der Waals surface area contributed by atoms with Crippen molar-refractivity contribution in [3.05, 3.63) is 90.8 Å². The Balaban J connectivity index is 1.37. The summed E-state index contributed by atoms with van der Waals surface area (Å²) in [6.07, 6.45) is 1.95. The molecule has 0 spiro atoms. The number of anilines is 1. The number of nitrogens with one attached hydrogen (secondary N) is 1.